The van der Waals surface area contributed by atoms with Crippen LogP contribution < -0.4 is 0 Å². The Labute approximate surface area is 91.9 Å². The lowest BCUT2D eigenvalue weighted by atomic mass is 10.2. The van der Waals surface area contributed by atoms with Gasteiger partial charge in [-0.3, -0.25) is 0 Å². The Morgan fingerprint density at radius 3 is 2.33 bits per heavy atom. The fourth-order valence-corrected chi connectivity index (χ4v) is 0.900. The lowest BCUT2D eigenvalue weighted by molar-refractivity contribution is -0.157. The maximum absolute atomic E-state index is 11.1. The van der Waals surface area contributed by atoms with E-state index in [-0.39, 0.29) is 11.6 Å². The van der Waals surface area contributed by atoms with Gasteiger partial charge in [-0.25, -0.2) is 4.79 Å². The van der Waals surface area contributed by atoms with Gasteiger partial charge in [-0.05, 0) is 34.6 Å². The van der Waals surface area contributed by atoms with E-state index in [0.717, 1.165) is 0 Å². The highest BCUT2D eigenvalue weighted by atomic mass is 16.6. The van der Waals surface area contributed by atoms with Crippen LogP contribution in [0, 0.1) is 0 Å². The van der Waals surface area contributed by atoms with Crippen molar-refractivity contribution < 1.29 is 19.0 Å². The van der Waals surface area contributed by atoms with Gasteiger partial charge in [0.2, 0.25) is 0 Å². The zero-order chi connectivity index (χ0) is 11.9. The first kappa shape index (κ1) is 14.4. The van der Waals surface area contributed by atoms with Crippen molar-refractivity contribution in [1.82, 2.24) is 0 Å². The minimum absolute atomic E-state index is 0.170. The van der Waals surface area contributed by atoms with Gasteiger partial charge < -0.3 is 14.2 Å². The number of carbonyl (C=O) groups excluding carboxylic acids is 1. The van der Waals surface area contributed by atoms with Gasteiger partial charge in [0, 0.05) is 0 Å². The first-order chi connectivity index (χ1) is 6.87. The van der Waals surface area contributed by atoms with E-state index in [2.05, 4.69) is 0 Å². The van der Waals surface area contributed by atoms with E-state index in [4.69, 9.17) is 14.2 Å². The second-order valence-electron chi connectivity index (χ2n) is 4.23. The van der Waals surface area contributed by atoms with Crippen molar-refractivity contribution in [2.45, 2.75) is 46.3 Å². The maximum Gasteiger partial charge on any atom is 0.334 e. The summed E-state index contributed by atoms with van der Waals surface area (Å²) in [7, 11) is 0. The van der Waals surface area contributed by atoms with Crippen LogP contribution in [0.1, 0.15) is 34.6 Å². The van der Waals surface area contributed by atoms with E-state index >= 15 is 0 Å². The predicted molar refractivity (Wildman–Crippen MR) is 57.8 cm³/mol. The van der Waals surface area contributed by atoms with Crippen molar-refractivity contribution in [1.29, 1.82) is 0 Å². The summed E-state index contributed by atoms with van der Waals surface area (Å²) >= 11 is 0. The SMILES string of the molecule is CCOC(=O)C(C)OCCOC(C)(C)C. The molecule has 0 aliphatic heterocycles. The number of ether oxygens (including phenoxy) is 3. The van der Waals surface area contributed by atoms with Gasteiger partial charge in [0.1, 0.15) is 0 Å². The van der Waals surface area contributed by atoms with Crippen LogP contribution in [0.4, 0.5) is 0 Å². The molecule has 0 fully saturated rings. The molecular weight excluding hydrogens is 196 g/mol. The van der Waals surface area contributed by atoms with Crippen molar-refractivity contribution in [3.63, 3.8) is 0 Å². The molecular formula is C11H22O4. The first-order valence-corrected chi connectivity index (χ1v) is 5.29. The van der Waals surface area contributed by atoms with Crippen LogP contribution in [0.25, 0.3) is 0 Å². The third-order valence-corrected chi connectivity index (χ3v) is 1.60. The molecule has 4 heteroatoms. The zero-order valence-electron chi connectivity index (χ0n) is 10.3. The van der Waals surface area contributed by atoms with Crippen molar-refractivity contribution in [2.75, 3.05) is 19.8 Å². The Kier molecular flexibility index (Phi) is 6.52. The van der Waals surface area contributed by atoms with Crippen LogP contribution >= 0.6 is 0 Å². The summed E-state index contributed by atoms with van der Waals surface area (Å²) in [5, 5.41) is 0. The third-order valence-electron chi connectivity index (χ3n) is 1.60. The Balaban J connectivity index is 3.55. The van der Waals surface area contributed by atoms with E-state index in [1.807, 2.05) is 20.8 Å². The molecule has 0 heterocycles. The highest BCUT2D eigenvalue weighted by Gasteiger charge is 2.15. The Morgan fingerprint density at radius 1 is 1.27 bits per heavy atom. The minimum Gasteiger partial charge on any atom is -0.464 e. The molecule has 0 N–H and O–H groups in total. The second kappa shape index (κ2) is 6.80. The summed E-state index contributed by atoms with van der Waals surface area (Å²) in [5.41, 5.74) is -0.170. The second-order valence-corrected chi connectivity index (χ2v) is 4.23. The first-order valence-electron chi connectivity index (χ1n) is 5.29. The largest absolute Gasteiger partial charge is 0.464 e. The molecule has 1 atom stereocenters. The summed E-state index contributed by atoms with van der Waals surface area (Å²) < 4.78 is 15.5. The molecule has 0 aromatic rings. The Morgan fingerprint density at radius 2 is 1.87 bits per heavy atom. The molecule has 15 heavy (non-hydrogen) atoms. The molecule has 0 saturated carbocycles. The van der Waals surface area contributed by atoms with Gasteiger partial charge in [0.15, 0.2) is 6.10 Å². The van der Waals surface area contributed by atoms with Gasteiger partial charge >= 0.3 is 5.97 Å². The molecule has 0 spiro atoms. The average Bonchev–Trinajstić information content (AvgIpc) is 2.11. The van der Waals surface area contributed by atoms with Gasteiger partial charge in [-0.15, -0.1) is 0 Å². The van der Waals surface area contributed by atoms with Gasteiger partial charge in [0.25, 0.3) is 0 Å². The normalized spacial score (nSPS) is 13.7. The third kappa shape index (κ3) is 8.39. The molecule has 0 saturated heterocycles. The monoisotopic (exact) mass is 218 g/mol. The predicted octanol–water partition coefficient (Wildman–Crippen LogP) is 1.77. The van der Waals surface area contributed by atoms with Crippen LogP contribution in [0.5, 0.6) is 0 Å². The van der Waals surface area contributed by atoms with Gasteiger partial charge in [0.05, 0.1) is 25.4 Å². The minimum atomic E-state index is -0.520. The Bertz CT molecular complexity index is 184. The molecule has 0 aliphatic rings. The molecule has 0 radical (unpaired) electrons. The molecule has 0 bridgehead atoms. The van der Waals surface area contributed by atoms with Crippen LogP contribution in [0.15, 0.2) is 0 Å². The van der Waals surface area contributed by atoms with Crippen molar-refractivity contribution in [3.05, 3.63) is 0 Å². The van der Waals surface area contributed by atoms with Gasteiger partial charge in [-0.1, -0.05) is 0 Å². The number of carbonyl (C=O) groups is 1. The quantitative estimate of drug-likeness (QED) is 0.503. The van der Waals surface area contributed by atoms with E-state index < -0.39 is 6.10 Å². The molecule has 0 rings (SSSR count). The van der Waals surface area contributed by atoms with E-state index in [1.54, 1.807) is 13.8 Å². The number of hydrogen-bond acceptors (Lipinski definition) is 4. The highest BCUT2D eigenvalue weighted by molar-refractivity contribution is 5.74. The van der Waals surface area contributed by atoms with Crippen molar-refractivity contribution in [2.24, 2.45) is 0 Å². The summed E-state index contributed by atoms with van der Waals surface area (Å²) in [6.07, 6.45) is -0.520. The Hall–Kier alpha value is -0.610. The average molecular weight is 218 g/mol. The molecule has 0 aliphatic carbocycles. The summed E-state index contributed by atoms with van der Waals surface area (Å²) in [5.74, 6) is -0.326. The summed E-state index contributed by atoms with van der Waals surface area (Å²) in [4.78, 5) is 11.1. The fraction of sp³-hybridized carbons (Fsp3) is 0.909. The maximum atomic E-state index is 11.1. The summed E-state index contributed by atoms with van der Waals surface area (Å²) in [6.45, 7) is 10.6. The molecule has 0 aromatic carbocycles. The molecule has 1 unspecified atom stereocenters. The number of esters is 1. The smallest absolute Gasteiger partial charge is 0.334 e. The fourth-order valence-electron chi connectivity index (χ4n) is 0.900. The van der Waals surface area contributed by atoms with Crippen molar-refractivity contribution >= 4 is 5.97 Å². The zero-order valence-corrected chi connectivity index (χ0v) is 10.3. The molecule has 4 nitrogen and oxygen atoms in total. The van der Waals surface area contributed by atoms with Crippen LogP contribution in [0.2, 0.25) is 0 Å². The van der Waals surface area contributed by atoms with Crippen LogP contribution in [-0.2, 0) is 19.0 Å². The lowest BCUT2D eigenvalue weighted by Gasteiger charge is -2.20. The van der Waals surface area contributed by atoms with E-state index in [9.17, 15) is 4.79 Å². The molecule has 90 valence electrons. The molecule has 0 amide bonds. The number of rotatable bonds is 6. The molecule has 0 aromatic heterocycles. The van der Waals surface area contributed by atoms with E-state index in [1.165, 1.54) is 0 Å². The standard InChI is InChI=1S/C11H22O4/c1-6-13-10(12)9(2)14-7-8-15-11(3,4)5/h9H,6-8H2,1-5H3. The number of hydrogen-bond donors (Lipinski definition) is 0. The topological polar surface area (TPSA) is 44.8 Å². The van der Waals surface area contributed by atoms with Crippen molar-refractivity contribution in [3.8, 4) is 0 Å². The summed E-state index contributed by atoms with van der Waals surface area (Å²) in [6, 6.07) is 0. The van der Waals surface area contributed by atoms with E-state index in [0.29, 0.717) is 19.8 Å². The van der Waals surface area contributed by atoms with Crippen LogP contribution in [-0.4, -0.2) is 37.5 Å². The lowest BCUT2D eigenvalue weighted by Crippen LogP contribution is -2.27. The van der Waals surface area contributed by atoms with Crippen LogP contribution in [0.3, 0.4) is 0 Å². The highest BCUT2D eigenvalue weighted by Crippen LogP contribution is 2.06. The van der Waals surface area contributed by atoms with Gasteiger partial charge in [-0.2, -0.15) is 0 Å².